The summed E-state index contributed by atoms with van der Waals surface area (Å²) in [7, 11) is 0. The van der Waals surface area contributed by atoms with Gasteiger partial charge in [-0.2, -0.15) is 5.10 Å². The van der Waals surface area contributed by atoms with Gasteiger partial charge in [-0.1, -0.05) is 0 Å². The van der Waals surface area contributed by atoms with Gasteiger partial charge >= 0.3 is 11.1 Å². The summed E-state index contributed by atoms with van der Waals surface area (Å²) in [5, 5.41) is 4.28. The predicted octanol–water partition coefficient (Wildman–Crippen LogP) is 0.123. The molecule has 1 fully saturated rings. The Morgan fingerprint density at radius 3 is 3.00 bits per heavy atom. The molecular weight excluding hydrogens is 310 g/mol. The van der Waals surface area contributed by atoms with Crippen LogP contribution in [-0.2, 0) is 17.9 Å². The molecule has 2 aromatic heterocycles. The van der Waals surface area contributed by atoms with Crippen LogP contribution >= 0.6 is 0 Å². The molecule has 24 heavy (non-hydrogen) atoms. The zero-order chi connectivity index (χ0) is 17.1. The molecule has 1 saturated heterocycles. The Morgan fingerprint density at radius 1 is 1.42 bits per heavy atom. The Labute approximate surface area is 138 Å². The van der Waals surface area contributed by atoms with Gasteiger partial charge in [0.1, 0.15) is 0 Å². The van der Waals surface area contributed by atoms with Crippen LogP contribution in [0.4, 0.5) is 0 Å². The Kier molecular flexibility index (Phi) is 4.64. The van der Waals surface area contributed by atoms with Crippen molar-refractivity contribution in [2.24, 2.45) is 0 Å². The maximum absolute atomic E-state index is 12.5. The van der Waals surface area contributed by atoms with E-state index in [9.17, 15) is 14.4 Å². The van der Waals surface area contributed by atoms with E-state index in [1.54, 1.807) is 6.20 Å². The number of likely N-dealkylation sites (tertiary alicyclic amines) is 1. The fourth-order valence-electron chi connectivity index (χ4n) is 3.14. The van der Waals surface area contributed by atoms with Crippen molar-refractivity contribution in [3.63, 3.8) is 0 Å². The number of hydrogen-bond acceptors (Lipinski definition) is 4. The number of carbonyl (C=O) groups excluding carboxylic acids is 1. The normalized spacial score (nSPS) is 17.4. The van der Waals surface area contributed by atoms with Gasteiger partial charge in [-0.3, -0.25) is 19.1 Å². The minimum Gasteiger partial charge on any atom is -0.338 e. The smallest absolute Gasteiger partial charge is 0.316 e. The summed E-state index contributed by atoms with van der Waals surface area (Å²) in [6, 6.07) is 0.132. The fraction of sp³-hybridized carbons (Fsp3) is 0.500. The number of hydrogen-bond donors (Lipinski definition) is 1. The molecule has 1 atom stereocenters. The molecule has 1 aliphatic rings. The van der Waals surface area contributed by atoms with Crippen LogP contribution < -0.4 is 11.1 Å². The summed E-state index contributed by atoms with van der Waals surface area (Å²) in [6.45, 7) is 3.62. The monoisotopic (exact) mass is 331 g/mol. The number of carbonyl (C=O) groups is 1. The molecular formula is C16H21N5O3. The summed E-state index contributed by atoms with van der Waals surface area (Å²) in [4.78, 5) is 39.7. The van der Waals surface area contributed by atoms with Crippen molar-refractivity contribution in [1.29, 1.82) is 0 Å². The molecule has 0 bridgehead atoms. The molecule has 0 unspecified atom stereocenters. The highest BCUT2D eigenvalue weighted by Gasteiger charge is 2.28. The molecule has 8 heteroatoms. The van der Waals surface area contributed by atoms with Gasteiger partial charge in [0.25, 0.3) is 0 Å². The standard InChI is InChI=1S/C16H21N5O3/c1-12-9-18-20(10-12)11-13-3-2-6-21(13)14(22)4-7-19-8-5-17-15(23)16(19)24/h5,8-10,13H,2-4,6-7,11H2,1H3,(H,17,23)/t13-/m0/s1. The first-order valence-corrected chi connectivity index (χ1v) is 8.11. The molecule has 1 aliphatic heterocycles. The third kappa shape index (κ3) is 3.47. The summed E-state index contributed by atoms with van der Waals surface area (Å²) >= 11 is 0. The average Bonchev–Trinajstić information content (AvgIpc) is 3.18. The van der Waals surface area contributed by atoms with Crippen LogP contribution in [0, 0.1) is 6.92 Å². The first-order chi connectivity index (χ1) is 11.5. The van der Waals surface area contributed by atoms with E-state index in [2.05, 4.69) is 10.1 Å². The molecule has 0 spiro atoms. The largest absolute Gasteiger partial charge is 0.338 e. The van der Waals surface area contributed by atoms with Gasteiger partial charge in [-0.25, -0.2) is 0 Å². The summed E-state index contributed by atoms with van der Waals surface area (Å²) < 4.78 is 3.14. The molecule has 2 aromatic rings. The SMILES string of the molecule is Cc1cnn(C[C@@H]2CCCN2C(=O)CCn2cc[nH]c(=O)c2=O)c1. The van der Waals surface area contributed by atoms with Crippen molar-refractivity contribution in [2.45, 2.75) is 45.3 Å². The van der Waals surface area contributed by atoms with Crippen LogP contribution in [0.1, 0.15) is 24.8 Å². The zero-order valence-electron chi connectivity index (χ0n) is 13.6. The second kappa shape index (κ2) is 6.86. The molecule has 0 saturated carbocycles. The summed E-state index contributed by atoms with van der Waals surface area (Å²) in [5.74, 6) is 0.00793. The summed E-state index contributed by atoms with van der Waals surface area (Å²) in [6.07, 6.45) is 8.81. The van der Waals surface area contributed by atoms with E-state index in [0.29, 0.717) is 6.54 Å². The lowest BCUT2D eigenvalue weighted by Crippen LogP contribution is -2.40. The van der Waals surface area contributed by atoms with Gasteiger partial charge in [-0.05, 0) is 25.3 Å². The molecule has 8 nitrogen and oxygen atoms in total. The molecule has 0 radical (unpaired) electrons. The van der Waals surface area contributed by atoms with Crippen molar-refractivity contribution in [3.05, 3.63) is 51.1 Å². The van der Waals surface area contributed by atoms with Crippen molar-refractivity contribution in [1.82, 2.24) is 24.2 Å². The number of H-pyrrole nitrogens is 1. The van der Waals surface area contributed by atoms with E-state index in [0.717, 1.165) is 24.9 Å². The van der Waals surface area contributed by atoms with Gasteiger partial charge in [0.2, 0.25) is 5.91 Å². The van der Waals surface area contributed by atoms with Crippen molar-refractivity contribution < 1.29 is 4.79 Å². The average molecular weight is 331 g/mol. The Hall–Kier alpha value is -2.64. The third-order valence-corrected chi connectivity index (χ3v) is 4.35. The van der Waals surface area contributed by atoms with E-state index in [4.69, 9.17) is 0 Å². The van der Waals surface area contributed by atoms with Crippen LogP contribution in [0.25, 0.3) is 0 Å². The number of aryl methyl sites for hydroxylation is 2. The molecule has 1 amide bonds. The van der Waals surface area contributed by atoms with Crippen LogP contribution in [0.5, 0.6) is 0 Å². The topological polar surface area (TPSA) is 93.0 Å². The fourth-order valence-corrected chi connectivity index (χ4v) is 3.14. The molecule has 3 heterocycles. The minimum absolute atomic E-state index is 0.00793. The maximum Gasteiger partial charge on any atom is 0.316 e. The van der Waals surface area contributed by atoms with Crippen LogP contribution in [0.3, 0.4) is 0 Å². The first-order valence-electron chi connectivity index (χ1n) is 8.11. The maximum atomic E-state index is 12.5. The van der Waals surface area contributed by atoms with E-state index >= 15 is 0 Å². The van der Waals surface area contributed by atoms with E-state index in [1.807, 2.05) is 22.7 Å². The number of nitrogens with zero attached hydrogens (tertiary/aromatic N) is 4. The van der Waals surface area contributed by atoms with E-state index in [-0.39, 0.29) is 24.9 Å². The lowest BCUT2D eigenvalue weighted by atomic mass is 10.2. The van der Waals surface area contributed by atoms with Crippen molar-refractivity contribution in [2.75, 3.05) is 6.54 Å². The number of aromatic amines is 1. The zero-order valence-corrected chi connectivity index (χ0v) is 13.6. The Morgan fingerprint density at radius 2 is 2.25 bits per heavy atom. The number of rotatable bonds is 5. The van der Waals surface area contributed by atoms with Crippen molar-refractivity contribution in [3.8, 4) is 0 Å². The van der Waals surface area contributed by atoms with Gasteiger partial charge in [-0.15, -0.1) is 0 Å². The van der Waals surface area contributed by atoms with Gasteiger partial charge < -0.3 is 14.5 Å². The Bertz CT molecular complexity index is 834. The van der Waals surface area contributed by atoms with Gasteiger partial charge in [0, 0.05) is 38.1 Å². The van der Waals surface area contributed by atoms with Gasteiger partial charge in [0.05, 0.1) is 18.8 Å². The molecule has 3 rings (SSSR count). The number of aromatic nitrogens is 4. The quantitative estimate of drug-likeness (QED) is 0.788. The highest BCUT2D eigenvalue weighted by Crippen LogP contribution is 2.20. The van der Waals surface area contributed by atoms with Crippen LogP contribution in [0.15, 0.2) is 34.4 Å². The number of amides is 1. The lowest BCUT2D eigenvalue weighted by molar-refractivity contribution is -0.132. The van der Waals surface area contributed by atoms with E-state index in [1.165, 1.54) is 17.0 Å². The van der Waals surface area contributed by atoms with E-state index < -0.39 is 11.1 Å². The second-order valence-corrected chi connectivity index (χ2v) is 6.16. The third-order valence-electron chi connectivity index (χ3n) is 4.35. The molecule has 1 N–H and O–H groups in total. The van der Waals surface area contributed by atoms with Crippen LogP contribution in [-0.4, -0.2) is 42.7 Å². The van der Waals surface area contributed by atoms with Crippen molar-refractivity contribution >= 4 is 5.91 Å². The van der Waals surface area contributed by atoms with Crippen LogP contribution in [0.2, 0.25) is 0 Å². The first kappa shape index (κ1) is 16.2. The molecule has 0 aromatic carbocycles. The molecule has 0 aliphatic carbocycles. The lowest BCUT2D eigenvalue weighted by Gasteiger charge is -2.25. The molecule has 128 valence electrons. The number of nitrogens with one attached hydrogen (secondary N) is 1. The second-order valence-electron chi connectivity index (χ2n) is 6.16. The minimum atomic E-state index is -0.668. The predicted molar refractivity (Wildman–Crippen MR) is 87.6 cm³/mol. The highest BCUT2D eigenvalue weighted by atomic mass is 16.2. The van der Waals surface area contributed by atoms with Gasteiger partial charge in [0.15, 0.2) is 0 Å². The summed E-state index contributed by atoms with van der Waals surface area (Å²) in [5.41, 5.74) is -0.201. The Balaban J connectivity index is 1.62. The highest BCUT2D eigenvalue weighted by molar-refractivity contribution is 5.76.